The van der Waals surface area contributed by atoms with Crippen LogP contribution in [0.3, 0.4) is 0 Å². The first kappa shape index (κ1) is 21.6. The van der Waals surface area contributed by atoms with Gasteiger partial charge >= 0.3 is 0 Å². The number of halogens is 2. The monoisotopic (exact) mass is 436 g/mol. The van der Waals surface area contributed by atoms with Gasteiger partial charge in [-0.2, -0.15) is 9.57 Å². The quantitative estimate of drug-likeness (QED) is 0.626. The summed E-state index contributed by atoms with van der Waals surface area (Å²) in [5, 5.41) is 20.8. The van der Waals surface area contributed by atoms with Gasteiger partial charge in [0.15, 0.2) is 0 Å². The lowest BCUT2D eigenvalue weighted by Crippen LogP contribution is -2.40. The van der Waals surface area contributed by atoms with E-state index in [0.29, 0.717) is 0 Å². The van der Waals surface area contributed by atoms with Crippen molar-refractivity contribution in [2.24, 2.45) is 0 Å². The fraction of sp³-hybridized carbons (Fsp3) is 0.263. The van der Waals surface area contributed by atoms with E-state index in [2.05, 4.69) is 5.32 Å². The molecule has 2 aromatic rings. The first-order valence-corrected chi connectivity index (χ1v) is 10.4. The minimum Gasteiger partial charge on any atom is -0.398 e. The van der Waals surface area contributed by atoms with Gasteiger partial charge in [0.05, 0.1) is 17.2 Å². The molecule has 158 valence electrons. The molecule has 8 nitrogen and oxygen atoms in total. The molecule has 1 aliphatic heterocycles. The van der Waals surface area contributed by atoms with Gasteiger partial charge in [0.1, 0.15) is 22.6 Å². The third-order valence-corrected chi connectivity index (χ3v) is 6.65. The van der Waals surface area contributed by atoms with Gasteiger partial charge in [-0.05, 0) is 43.2 Å². The van der Waals surface area contributed by atoms with E-state index in [1.165, 1.54) is 6.07 Å². The number of carbonyl (C=O) groups is 1. The minimum absolute atomic E-state index is 0.0152. The van der Waals surface area contributed by atoms with Gasteiger partial charge in [0.25, 0.3) is 5.91 Å². The maximum absolute atomic E-state index is 14.4. The molecular formula is C19H18F2N4O4S. The molecule has 0 saturated carbocycles. The van der Waals surface area contributed by atoms with Crippen LogP contribution in [-0.4, -0.2) is 42.9 Å². The van der Waals surface area contributed by atoms with Crippen LogP contribution in [0.25, 0.3) is 0 Å². The Labute approximate surface area is 171 Å². The van der Waals surface area contributed by atoms with Gasteiger partial charge in [-0.3, -0.25) is 4.79 Å². The molecule has 1 amide bonds. The van der Waals surface area contributed by atoms with Crippen molar-refractivity contribution in [1.82, 2.24) is 4.31 Å². The molecule has 0 atom stereocenters. The van der Waals surface area contributed by atoms with E-state index >= 15 is 0 Å². The number of amides is 1. The Morgan fingerprint density at radius 2 is 1.87 bits per heavy atom. The van der Waals surface area contributed by atoms with Crippen LogP contribution in [0, 0.1) is 23.0 Å². The summed E-state index contributed by atoms with van der Waals surface area (Å²) in [6.45, 7) is 0.0305. The first-order chi connectivity index (χ1) is 14.1. The van der Waals surface area contributed by atoms with Crippen LogP contribution in [0.1, 0.15) is 28.8 Å². The second kappa shape index (κ2) is 8.35. The van der Waals surface area contributed by atoms with E-state index in [1.807, 2.05) is 0 Å². The normalized spacial score (nSPS) is 15.5. The molecule has 0 unspecified atom stereocenters. The van der Waals surface area contributed by atoms with Crippen LogP contribution >= 0.6 is 0 Å². The van der Waals surface area contributed by atoms with Gasteiger partial charge in [-0.1, -0.05) is 0 Å². The van der Waals surface area contributed by atoms with Crippen molar-refractivity contribution in [3.8, 4) is 6.07 Å². The number of sulfonamides is 1. The highest BCUT2D eigenvalue weighted by Crippen LogP contribution is 2.27. The Morgan fingerprint density at radius 3 is 2.50 bits per heavy atom. The predicted molar refractivity (Wildman–Crippen MR) is 104 cm³/mol. The number of piperidine rings is 1. The molecule has 30 heavy (non-hydrogen) atoms. The Bertz CT molecular complexity index is 1140. The molecule has 1 heterocycles. The Balaban J connectivity index is 1.93. The van der Waals surface area contributed by atoms with Crippen molar-refractivity contribution in [1.29, 1.82) is 5.26 Å². The van der Waals surface area contributed by atoms with E-state index in [1.54, 1.807) is 6.07 Å². The number of aliphatic hydroxyl groups excluding tert-OH is 1. The highest BCUT2D eigenvalue weighted by Gasteiger charge is 2.32. The van der Waals surface area contributed by atoms with Gasteiger partial charge < -0.3 is 16.2 Å². The van der Waals surface area contributed by atoms with Crippen LogP contribution in [0.2, 0.25) is 0 Å². The third kappa shape index (κ3) is 4.25. The molecule has 0 radical (unpaired) electrons. The molecule has 11 heteroatoms. The van der Waals surface area contributed by atoms with E-state index in [0.717, 1.165) is 28.6 Å². The second-order valence-electron chi connectivity index (χ2n) is 6.77. The van der Waals surface area contributed by atoms with Crippen molar-refractivity contribution in [2.45, 2.75) is 23.8 Å². The lowest BCUT2D eigenvalue weighted by Gasteiger charge is -2.29. The molecule has 0 spiro atoms. The molecule has 2 aromatic carbocycles. The van der Waals surface area contributed by atoms with E-state index in [9.17, 15) is 27.1 Å². The molecule has 1 fully saturated rings. The van der Waals surface area contributed by atoms with Crippen LogP contribution in [0.15, 0.2) is 35.2 Å². The average molecular weight is 436 g/mol. The van der Waals surface area contributed by atoms with Crippen LogP contribution in [0.5, 0.6) is 0 Å². The topological polar surface area (TPSA) is 137 Å². The third-order valence-electron chi connectivity index (χ3n) is 4.73. The van der Waals surface area contributed by atoms with Crippen LogP contribution in [-0.2, 0) is 10.0 Å². The van der Waals surface area contributed by atoms with Gasteiger partial charge in [-0.15, -0.1) is 0 Å². The van der Waals surface area contributed by atoms with Crippen LogP contribution < -0.4 is 11.1 Å². The zero-order chi connectivity index (χ0) is 22.1. The number of nitrogens with zero attached hydrogens (tertiary/aromatic N) is 2. The predicted octanol–water partition coefficient (Wildman–Crippen LogP) is 1.82. The van der Waals surface area contributed by atoms with Crippen molar-refractivity contribution < 1.29 is 27.1 Å². The fourth-order valence-electron chi connectivity index (χ4n) is 3.07. The SMILES string of the molecule is N#Cc1cc(NC(=O)c2cc(S(=O)(=O)N3CCC(O)CC3)c(F)cc2N)ccc1F. The number of benzene rings is 2. The largest absolute Gasteiger partial charge is 0.398 e. The highest BCUT2D eigenvalue weighted by molar-refractivity contribution is 7.89. The molecule has 0 aliphatic carbocycles. The number of anilines is 2. The maximum atomic E-state index is 14.4. The zero-order valence-electron chi connectivity index (χ0n) is 15.6. The second-order valence-corrected chi connectivity index (χ2v) is 8.67. The minimum atomic E-state index is -4.26. The van der Waals surface area contributed by atoms with E-state index < -0.39 is 38.6 Å². The smallest absolute Gasteiger partial charge is 0.257 e. The average Bonchev–Trinajstić information content (AvgIpc) is 2.69. The Hall–Kier alpha value is -3.07. The lowest BCUT2D eigenvalue weighted by molar-refractivity contribution is 0.102. The highest BCUT2D eigenvalue weighted by atomic mass is 32.2. The number of aliphatic hydroxyl groups is 1. The van der Waals surface area contributed by atoms with Crippen molar-refractivity contribution >= 4 is 27.3 Å². The van der Waals surface area contributed by atoms with Gasteiger partial charge in [0, 0.05) is 24.5 Å². The Morgan fingerprint density at radius 1 is 1.20 bits per heavy atom. The number of nitriles is 1. The van der Waals surface area contributed by atoms with Crippen LogP contribution in [0.4, 0.5) is 20.2 Å². The Kier molecular flexibility index (Phi) is 6.02. The number of carbonyl (C=O) groups excluding carboxylic acids is 1. The summed E-state index contributed by atoms with van der Waals surface area (Å²) in [6, 6.07) is 6.52. The summed E-state index contributed by atoms with van der Waals surface area (Å²) >= 11 is 0. The summed E-state index contributed by atoms with van der Waals surface area (Å²) in [5.41, 5.74) is 4.91. The molecular weight excluding hydrogens is 418 g/mol. The first-order valence-electron chi connectivity index (χ1n) is 8.91. The molecule has 3 rings (SSSR count). The molecule has 4 N–H and O–H groups in total. The number of hydrogen-bond acceptors (Lipinski definition) is 6. The molecule has 0 bridgehead atoms. The van der Waals surface area contributed by atoms with Gasteiger partial charge in [-0.25, -0.2) is 17.2 Å². The standard InChI is InChI=1S/C19H18F2N4O4S/c20-15-2-1-12(7-11(15)10-22)24-19(27)14-8-18(16(21)9-17(14)23)30(28,29)25-5-3-13(26)4-6-25/h1-2,7-9,13,26H,3-6,23H2,(H,24,27). The maximum Gasteiger partial charge on any atom is 0.257 e. The number of nitrogens with one attached hydrogen (secondary N) is 1. The summed E-state index contributed by atoms with van der Waals surface area (Å²) in [7, 11) is -4.26. The van der Waals surface area contributed by atoms with Crippen molar-refractivity contribution in [2.75, 3.05) is 24.1 Å². The number of nitrogen functional groups attached to an aromatic ring is 1. The van der Waals surface area contributed by atoms with Crippen molar-refractivity contribution in [3.05, 3.63) is 53.1 Å². The summed E-state index contributed by atoms with van der Waals surface area (Å²) in [6.07, 6.45) is -0.188. The fourth-order valence-corrected chi connectivity index (χ4v) is 4.61. The lowest BCUT2D eigenvalue weighted by atomic mass is 10.1. The molecule has 1 saturated heterocycles. The van der Waals surface area contributed by atoms with E-state index in [-0.39, 0.29) is 48.4 Å². The number of nitrogens with two attached hydrogens (primary N) is 1. The number of hydrogen-bond donors (Lipinski definition) is 3. The summed E-state index contributed by atoms with van der Waals surface area (Å²) in [4.78, 5) is 11.9. The number of rotatable bonds is 4. The molecule has 1 aliphatic rings. The van der Waals surface area contributed by atoms with E-state index in [4.69, 9.17) is 11.0 Å². The zero-order valence-corrected chi connectivity index (χ0v) is 16.4. The molecule has 0 aromatic heterocycles. The summed E-state index contributed by atoms with van der Waals surface area (Å²) in [5.74, 6) is -2.73. The van der Waals surface area contributed by atoms with Crippen molar-refractivity contribution in [3.63, 3.8) is 0 Å². The van der Waals surface area contributed by atoms with Gasteiger partial charge in [0.2, 0.25) is 10.0 Å². The summed E-state index contributed by atoms with van der Waals surface area (Å²) < 4.78 is 54.6.